The van der Waals surface area contributed by atoms with Gasteiger partial charge in [0, 0.05) is 10.2 Å². The largest absolute Gasteiger partial charge is 0.343 e. The molecule has 0 aliphatic carbocycles. The molecular formula is C13H15BrN2O2. The Morgan fingerprint density at radius 2 is 1.94 bits per heavy atom. The van der Waals surface area contributed by atoms with Gasteiger partial charge in [-0.1, -0.05) is 22.0 Å². The van der Waals surface area contributed by atoms with Crippen molar-refractivity contribution in [2.45, 2.75) is 32.9 Å². The number of hydrogen-bond acceptors (Lipinski definition) is 2. The van der Waals surface area contributed by atoms with E-state index in [1.165, 1.54) is 0 Å². The average Bonchev–Trinajstić information content (AvgIpc) is 2.31. The summed E-state index contributed by atoms with van der Waals surface area (Å²) in [6.07, 6.45) is 0. The predicted molar refractivity (Wildman–Crippen MR) is 73.4 cm³/mol. The van der Waals surface area contributed by atoms with Gasteiger partial charge in [-0.2, -0.15) is 0 Å². The third kappa shape index (κ3) is 2.14. The number of aryl methyl sites for hydroxylation is 1. The zero-order valence-electron chi connectivity index (χ0n) is 10.5. The Bertz CT molecular complexity index is 516. The van der Waals surface area contributed by atoms with E-state index in [1.54, 1.807) is 18.7 Å². The zero-order chi connectivity index (χ0) is 13.4. The molecular weight excluding hydrogens is 296 g/mol. The Labute approximate surface area is 114 Å². The number of carbonyl (C=O) groups is 2. The first-order valence-electron chi connectivity index (χ1n) is 5.81. The van der Waals surface area contributed by atoms with Crippen LogP contribution >= 0.6 is 15.9 Å². The molecule has 96 valence electrons. The lowest BCUT2D eigenvalue weighted by molar-refractivity contribution is -0.133. The first-order valence-corrected chi connectivity index (χ1v) is 6.60. The number of anilines is 1. The van der Waals surface area contributed by atoms with Gasteiger partial charge in [0.2, 0.25) is 11.8 Å². The van der Waals surface area contributed by atoms with Crippen LogP contribution in [0.3, 0.4) is 0 Å². The maximum absolute atomic E-state index is 12.2. The molecule has 1 fully saturated rings. The normalized spacial score (nSPS) is 24.1. The standard InChI is InChI=1S/C13H15BrN2O2/c1-7-4-5-10(14)6-11(7)16-9(3)12(17)15-8(2)13(16)18/h4-6,8-9H,1-3H3,(H,15,17). The second-order valence-corrected chi connectivity index (χ2v) is 5.46. The van der Waals surface area contributed by atoms with Crippen LogP contribution in [0.1, 0.15) is 19.4 Å². The van der Waals surface area contributed by atoms with Gasteiger partial charge in [-0.25, -0.2) is 0 Å². The molecule has 1 aromatic carbocycles. The number of carbonyl (C=O) groups excluding carboxylic acids is 2. The van der Waals surface area contributed by atoms with Crippen LogP contribution in [-0.4, -0.2) is 23.9 Å². The number of hydrogen-bond donors (Lipinski definition) is 1. The fourth-order valence-electron chi connectivity index (χ4n) is 2.08. The summed E-state index contributed by atoms with van der Waals surface area (Å²) in [7, 11) is 0. The maximum Gasteiger partial charge on any atom is 0.250 e. The van der Waals surface area contributed by atoms with Crippen molar-refractivity contribution in [2.75, 3.05) is 4.90 Å². The third-order valence-corrected chi connectivity index (χ3v) is 3.66. The molecule has 1 N–H and O–H groups in total. The van der Waals surface area contributed by atoms with Gasteiger partial charge in [0.1, 0.15) is 12.1 Å². The molecule has 2 unspecified atom stereocenters. The van der Waals surface area contributed by atoms with Crippen molar-refractivity contribution in [3.05, 3.63) is 28.2 Å². The smallest absolute Gasteiger partial charge is 0.250 e. The van der Waals surface area contributed by atoms with Crippen LogP contribution in [0.2, 0.25) is 0 Å². The molecule has 18 heavy (non-hydrogen) atoms. The topological polar surface area (TPSA) is 49.4 Å². The Kier molecular flexibility index (Phi) is 3.43. The Hall–Kier alpha value is -1.36. The summed E-state index contributed by atoms with van der Waals surface area (Å²) >= 11 is 3.39. The monoisotopic (exact) mass is 310 g/mol. The molecule has 0 aromatic heterocycles. The summed E-state index contributed by atoms with van der Waals surface area (Å²) in [4.78, 5) is 25.6. The number of benzene rings is 1. The minimum Gasteiger partial charge on any atom is -0.343 e. The van der Waals surface area contributed by atoms with E-state index in [2.05, 4.69) is 21.2 Å². The highest BCUT2D eigenvalue weighted by molar-refractivity contribution is 9.10. The Balaban J connectivity index is 2.49. The molecule has 0 spiro atoms. The predicted octanol–water partition coefficient (Wildman–Crippen LogP) is 2.00. The van der Waals surface area contributed by atoms with Gasteiger partial charge >= 0.3 is 0 Å². The van der Waals surface area contributed by atoms with Gasteiger partial charge in [0.15, 0.2) is 0 Å². The molecule has 5 heteroatoms. The summed E-state index contributed by atoms with van der Waals surface area (Å²) in [6, 6.07) is 4.75. The molecule has 0 radical (unpaired) electrons. The molecule has 1 saturated heterocycles. The fraction of sp³-hybridized carbons (Fsp3) is 0.385. The summed E-state index contributed by atoms with van der Waals surface area (Å²) in [5.41, 5.74) is 1.75. The minimum atomic E-state index is -0.485. The Morgan fingerprint density at radius 1 is 1.28 bits per heavy atom. The van der Waals surface area contributed by atoms with Gasteiger partial charge in [-0.05, 0) is 38.5 Å². The van der Waals surface area contributed by atoms with Crippen molar-refractivity contribution in [3.63, 3.8) is 0 Å². The number of rotatable bonds is 1. The van der Waals surface area contributed by atoms with Crippen molar-refractivity contribution in [1.82, 2.24) is 5.32 Å². The minimum absolute atomic E-state index is 0.0803. The summed E-state index contributed by atoms with van der Waals surface area (Å²) in [5.74, 6) is -0.204. The summed E-state index contributed by atoms with van der Waals surface area (Å²) in [6.45, 7) is 5.37. The number of amides is 2. The molecule has 1 aliphatic rings. The van der Waals surface area contributed by atoms with Gasteiger partial charge < -0.3 is 5.32 Å². The zero-order valence-corrected chi connectivity index (χ0v) is 12.1. The molecule has 2 rings (SSSR count). The van der Waals surface area contributed by atoms with Gasteiger partial charge in [0.05, 0.1) is 0 Å². The summed E-state index contributed by atoms with van der Waals surface area (Å²) in [5, 5.41) is 2.67. The van der Waals surface area contributed by atoms with Crippen LogP contribution in [0.15, 0.2) is 22.7 Å². The molecule has 0 bridgehead atoms. The quantitative estimate of drug-likeness (QED) is 0.862. The second kappa shape index (κ2) is 4.72. The number of halogens is 1. The van der Waals surface area contributed by atoms with E-state index in [0.717, 1.165) is 15.7 Å². The van der Waals surface area contributed by atoms with Crippen LogP contribution in [-0.2, 0) is 9.59 Å². The SMILES string of the molecule is Cc1ccc(Br)cc1N1C(=O)C(C)NC(=O)C1C. The van der Waals surface area contributed by atoms with Gasteiger partial charge in [0.25, 0.3) is 0 Å². The Morgan fingerprint density at radius 3 is 2.61 bits per heavy atom. The van der Waals surface area contributed by atoms with Crippen molar-refractivity contribution >= 4 is 33.4 Å². The van der Waals surface area contributed by atoms with E-state index in [9.17, 15) is 9.59 Å². The number of piperazine rings is 1. The van der Waals surface area contributed by atoms with Crippen molar-refractivity contribution in [1.29, 1.82) is 0 Å². The lowest BCUT2D eigenvalue weighted by atomic mass is 10.1. The van der Waals surface area contributed by atoms with E-state index in [4.69, 9.17) is 0 Å². The highest BCUT2D eigenvalue weighted by atomic mass is 79.9. The van der Waals surface area contributed by atoms with E-state index in [-0.39, 0.29) is 11.8 Å². The molecule has 2 amide bonds. The van der Waals surface area contributed by atoms with E-state index < -0.39 is 12.1 Å². The molecule has 2 atom stereocenters. The summed E-state index contributed by atoms with van der Waals surface area (Å²) < 4.78 is 0.890. The van der Waals surface area contributed by atoms with Crippen LogP contribution in [0.4, 0.5) is 5.69 Å². The molecule has 0 saturated carbocycles. The molecule has 1 aliphatic heterocycles. The van der Waals surface area contributed by atoms with Gasteiger partial charge in [-0.3, -0.25) is 14.5 Å². The first-order chi connectivity index (χ1) is 8.41. The van der Waals surface area contributed by atoms with Crippen LogP contribution in [0.5, 0.6) is 0 Å². The van der Waals surface area contributed by atoms with Gasteiger partial charge in [-0.15, -0.1) is 0 Å². The third-order valence-electron chi connectivity index (χ3n) is 3.16. The highest BCUT2D eigenvalue weighted by Crippen LogP contribution is 2.28. The van der Waals surface area contributed by atoms with Crippen LogP contribution in [0.25, 0.3) is 0 Å². The van der Waals surface area contributed by atoms with E-state index in [1.807, 2.05) is 25.1 Å². The molecule has 1 heterocycles. The first kappa shape index (κ1) is 13.1. The lowest BCUT2D eigenvalue weighted by Gasteiger charge is -2.36. The van der Waals surface area contributed by atoms with E-state index >= 15 is 0 Å². The maximum atomic E-state index is 12.2. The number of nitrogens with one attached hydrogen (secondary N) is 1. The second-order valence-electron chi connectivity index (χ2n) is 4.55. The van der Waals surface area contributed by atoms with Crippen LogP contribution in [0, 0.1) is 6.92 Å². The van der Waals surface area contributed by atoms with Crippen molar-refractivity contribution < 1.29 is 9.59 Å². The molecule has 1 aromatic rings. The lowest BCUT2D eigenvalue weighted by Crippen LogP contribution is -2.61. The molecule has 4 nitrogen and oxygen atoms in total. The number of nitrogens with zero attached hydrogens (tertiary/aromatic N) is 1. The van der Waals surface area contributed by atoms with Crippen molar-refractivity contribution in [3.8, 4) is 0 Å². The average molecular weight is 311 g/mol. The highest BCUT2D eigenvalue weighted by Gasteiger charge is 2.37. The van der Waals surface area contributed by atoms with Crippen LogP contribution < -0.4 is 10.2 Å². The van der Waals surface area contributed by atoms with Crippen molar-refractivity contribution in [2.24, 2.45) is 0 Å². The van der Waals surface area contributed by atoms with E-state index in [0.29, 0.717) is 0 Å². The fourth-order valence-corrected chi connectivity index (χ4v) is 2.43.